The largest absolute Gasteiger partial charge is 0.319 e. The fourth-order valence-electron chi connectivity index (χ4n) is 2.27. The Hall–Kier alpha value is -3.23. The van der Waals surface area contributed by atoms with Gasteiger partial charge in [-0.1, -0.05) is 41.9 Å². The van der Waals surface area contributed by atoms with Gasteiger partial charge < -0.3 is 5.32 Å². The summed E-state index contributed by atoms with van der Waals surface area (Å²) >= 11 is 6.14. The van der Waals surface area contributed by atoms with Crippen LogP contribution in [0.3, 0.4) is 0 Å². The summed E-state index contributed by atoms with van der Waals surface area (Å²) in [6, 6.07) is 16.6. The third kappa shape index (κ3) is 3.65. The Balaban J connectivity index is 1.95. The smallest absolute Gasteiger partial charge is 0.266 e. The van der Waals surface area contributed by atoms with Gasteiger partial charge >= 0.3 is 0 Å². The van der Waals surface area contributed by atoms with Crippen LogP contribution in [0, 0.1) is 17.1 Å². The molecule has 0 aliphatic carbocycles. The van der Waals surface area contributed by atoms with E-state index in [1.807, 2.05) is 24.3 Å². The monoisotopic (exact) mass is 351 g/mol. The van der Waals surface area contributed by atoms with Crippen molar-refractivity contribution >= 4 is 40.2 Å². The van der Waals surface area contributed by atoms with Gasteiger partial charge in [-0.25, -0.2) is 9.37 Å². The second-order valence-electron chi connectivity index (χ2n) is 5.16. The van der Waals surface area contributed by atoms with Gasteiger partial charge in [0.25, 0.3) is 5.91 Å². The average Bonchev–Trinajstić information content (AvgIpc) is 2.61. The van der Waals surface area contributed by atoms with Gasteiger partial charge in [0.15, 0.2) is 0 Å². The molecule has 1 amide bonds. The van der Waals surface area contributed by atoms with Crippen LogP contribution in [-0.4, -0.2) is 10.9 Å². The molecule has 25 heavy (non-hydrogen) atoms. The summed E-state index contributed by atoms with van der Waals surface area (Å²) in [4.78, 5) is 16.5. The number of hydrogen-bond donors (Lipinski definition) is 1. The van der Waals surface area contributed by atoms with E-state index in [1.165, 1.54) is 24.3 Å². The number of halogens is 2. The molecule has 0 spiro atoms. The van der Waals surface area contributed by atoms with Crippen LogP contribution in [0.25, 0.3) is 17.0 Å². The standard InChI is InChI=1S/C19H11ClFN3O/c20-18-13(9-12-5-1-3-7-16(12)23-18)10-14(11-22)19(25)24-17-8-4-2-6-15(17)21/h1-10H,(H,24,25). The van der Waals surface area contributed by atoms with E-state index in [2.05, 4.69) is 10.3 Å². The average molecular weight is 352 g/mol. The van der Waals surface area contributed by atoms with E-state index in [0.29, 0.717) is 11.1 Å². The summed E-state index contributed by atoms with van der Waals surface area (Å²) in [5.74, 6) is -1.31. The summed E-state index contributed by atoms with van der Waals surface area (Å²) in [6.07, 6.45) is 1.33. The fraction of sp³-hybridized carbons (Fsp3) is 0. The number of benzene rings is 2. The second kappa shape index (κ2) is 7.12. The normalized spacial score (nSPS) is 11.2. The second-order valence-corrected chi connectivity index (χ2v) is 5.52. The highest BCUT2D eigenvalue weighted by atomic mass is 35.5. The molecule has 0 radical (unpaired) electrons. The topological polar surface area (TPSA) is 65.8 Å². The van der Waals surface area contributed by atoms with E-state index in [4.69, 9.17) is 11.6 Å². The maximum atomic E-state index is 13.6. The Kier molecular flexibility index (Phi) is 4.73. The van der Waals surface area contributed by atoms with Crippen LogP contribution in [0.2, 0.25) is 5.15 Å². The van der Waals surface area contributed by atoms with Crippen LogP contribution in [0.4, 0.5) is 10.1 Å². The van der Waals surface area contributed by atoms with Gasteiger partial charge in [0, 0.05) is 10.9 Å². The number of carbonyl (C=O) groups is 1. The maximum absolute atomic E-state index is 13.6. The molecule has 3 rings (SSSR count). The predicted molar refractivity (Wildman–Crippen MR) is 95.4 cm³/mol. The number of para-hydroxylation sites is 2. The fourth-order valence-corrected chi connectivity index (χ4v) is 2.47. The molecule has 0 aliphatic rings. The Morgan fingerprint density at radius 2 is 1.92 bits per heavy atom. The molecule has 4 nitrogen and oxygen atoms in total. The number of anilines is 1. The van der Waals surface area contributed by atoms with Gasteiger partial charge in [0.2, 0.25) is 0 Å². The molecule has 0 bridgehead atoms. The van der Waals surface area contributed by atoms with E-state index < -0.39 is 11.7 Å². The minimum atomic E-state index is -0.725. The van der Waals surface area contributed by atoms with E-state index in [9.17, 15) is 14.4 Å². The number of pyridine rings is 1. The van der Waals surface area contributed by atoms with Crippen molar-refractivity contribution in [1.29, 1.82) is 5.26 Å². The zero-order chi connectivity index (χ0) is 17.8. The summed E-state index contributed by atoms with van der Waals surface area (Å²) in [6.45, 7) is 0. The molecule has 1 heterocycles. The Morgan fingerprint density at radius 1 is 1.20 bits per heavy atom. The molecule has 1 N–H and O–H groups in total. The molecule has 122 valence electrons. The van der Waals surface area contributed by atoms with Crippen LogP contribution in [-0.2, 0) is 4.79 Å². The van der Waals surface area contributed by atoms with Crippen molar-refractivity contribution in [3.05, 3.63) is 76.7 Å². The van der Waals surface area contributed by atoms with Gasteiger partial charge in [-0.3, -0.25) is 4.79 Å². The number of hydrogen-bond acceptors (Lipinski definition) is 3. The van der Waals surface area contributed by atoms with Gasteiger partial charge in [-0.05, 0) is 30.3 Å². The quantitative estimate of drug-likeness (QED) is 0.427. The molecule has 2 aromatic carbocycles. The minimum Gasteiger partial charge on any atom is -0.319 e. The Labute approximate surface area is 148 Å². The van der Waals surface area contributed by atoms with Crippen molar-refractivity contribution in [1.82, 2.24) is 4.98 Å². The van der Waals surface area contributed by atoms with Crippen LogP contribution < -0.4 is 5.32 Å². The zero-order valence-corrected chi connectivity index (χ0v) is 13.6. The van der Waals surface area contributed by atoms with E-state index in [1.54, 1.807) is 18.2 Å². The molecule has 0 fully saturated rings. The lowest BCUT2D eigenvalue weighted by Gasteiger charge is -2.06. The number of rotatable bonds is 3. The number of aromatic nitrogens is 1. The van der Waals surface area contributed by atoms with Crippen molar-refractivity contribution in [3.8, 4) is 6.07 Å². The molecule has 0 saturated carbocycles. The molecule has 0 saturated heterocycles. The summed E-state index contributed by atoms with van der Waals surface area (Å²) in [5.41, 5.74) is 0.929. The molecule has 1 aromatic heterocycles. The van der Waals surface area contributed by atoms with E-state index in [0.717, 1.165) is 5.39 Å². The number of fused-ring (bicyclic) bond motifs is 1. The number of nitriles is 1. The predicted octanol–water partition coefficient (Wildman–Crippen LogP) is 4.57. The van der Waals surface area contributed by atoms with Gasteiger partial charge in [-0.2, -0.15) is 5.26 Å². The minimum absolute atomic E-state index is 0.00335. The van der Waals surface area contributed by atoms with Crippen molar-refractivity contribution in [3.63, 3.8) is 0 Å². The molecule has 6 heteroatoms. The van der Waals surface area contributed by atoms with Crippen molar-refractivity contribution in [2.75, 3.05) is 5.32 Å². The highest BCUT2D eigenvalue weighted by molar-refractivity contribution is 6.31. The lowest BCUT2D eigenvalue weighted by molar-refractivity contribution is -0.112. The lowest BCUT2D eigenvalue weighted by Crippen LogP contribution is -2.14. The van der Waals surface area contributed by atoms with Gasteiger partial charge in [-0.15, -0.1) is 0 Å². The van der Waals surface area contributed by atoms with Crippen molar-refractivity contribution < 1.29 is 9.18 Å². The first-order chi connectivity index (χ1) is 12.1. The molecule has 0 unspecified atom stereocenters. The molecular formula is C19H11ClFN3O. The number of nitrogens with one attached hydrogen (secondary N) is 1. The molecule has 3 aromatic rings. The SMILES string of the molecule is N#CC(=Cc1cc2ccccc2nc1Cl)C(=O)Nc1ccccc1F. The summed E-state index contributed by atoms with van der Waals surface area (Å²) < 4.78 is 13.6. The van der Waals surface area contributed by atoms with E-state index >= 15 is 0 Å². The number of amides is 1. The van der Waals surface area contributed by atoms with Crippen molar-refractivity contribution in [2.24, 2.45) is 0 Å². The highest BCUT2D eigenvalue weighted by Crippen LogP contribution is 2.23. The van der Waals surface area contributed by atoms with Crippen LogP contribution >= 0.6 is 11.6 Å². The molecule has 0 aliphatic heterocycles. The number of carbonyl (C=O) groups excluding carboxylic acids is 1. The van der Waals surface area contributed by atoms with Gasteiger partial charge in [0.1, 0.15) is 22.6 Å². The molecular weight excluding hydrogens is 341 g/mol. The first kappa shape index (κ1) is 16.6. The molecule has 0 atom stereocenters. The Morgan fingerprint density at radius 3 is 2.68 bits per heavy atom. The van der Waals surface area contributed by atoms with Crippen LogP contribution in [0.5, 0.6) is 0 Å². The Bertz CT molecular complexity index is 1040. The third-order valence-corrected chi connectivity index (χ3v) is 3.79. The zero-order valence-electron chi connectivity index (χ0n) is 12.8. The van der Waals surface area contributed by atoms with Crippen LogP contribution in [0.1, 0.15) is 5.56 Å². The highest BCUT2D eigenvalue weighted by Gasteiger charge is 2.13. The summed E-state index contributed by atoms with van der Waals surface area (Å²) in [7, 11) is 0. The van der Waals surface area contributed by atoms with E-state index in [-0.39, 0.29) is 16.4 Å². The first-order valence-corrected chi connectivity index (χ1v) is 7.69. The number of nitrogens with zero attached hydrogens (tertiary/aromatic N) is 2. The van der Waals surface area contributed by atoms with Gasteiger partial charge in [0.05, 0.1) is 11.2 Å². The lowest BCUT2D eigenvalue weighted by atomic mass is 10.1. The maximum Gasteiger partial charge on any atom is 0.266 e. The first-order valence-electron chi connectivity index (χ1n) is 7.31. The summed E-state index contributed by atoms with van der Waals surface area (Å²) in [5, 5.41) is 12.6. The van der Waals surface area contributed by atoms with Crippen LogP contribution in [0.15, 0.2) is 60.2 Å². The third-order valence-electron chi connectivity index (χ3n) is 3.49. The van der Waals surface area contributed by atoms with Crippen molar-refractivity contribution in [2.45, 2.75) is 0 Å².